The van der Waals surface area contributed by atoms with Crippen LogP contribution in [0.5, 0.6) is 0 Å². The molecule has 0 fully saturated rings. The summed E-state index contributed by atoms with van der Waals surface area (Å²) in [5.41, 5.74) is 3.50. The highest BCUT2D eigenvalue weighted by Gasteiger charge is 2.21. The first-order valence-corrected chi connectivity index (χ1v) is 12.8. The van der Waals surface area contributed by atoms with E-state index >= 15 is 0 Å². The maximum atomic E-state index is 11.9. The monoisotopic (exact) mass is 497 g/mol. The Kier molecular flexibility index (Phi) is 9.54. The Morgan fingerprint density at radius 3 is 2.53 bits per heavy atom. The van der Waals surface area contributed by atoms with Gasteiger partial charge < -0.3 is 20.6 Å². The van der Waals surface area contributed by atoms with Crippen LogP contribution < -0.4 is 15.5 Å². The lowest BCUT2D eigenvalue weighted by Gasteiger charge is -2.30. The number of aryl methyl sites for hydroxylation is 1. The predicted molar refractivity (Wildman–Crippen MR) is 140 cm³/mol. The predicted octanol–water partition coefficient (Wildman–Crippen LogP) is 4.85. The van der Waals surface area contributed by atoms with E-state index < -0.39 is 5.97 Å². The summed E-state index contributed by atoms with van der Waals surface area (Å²) in [6.45, 7) is 2.98. The molecule has 178 valence electrons. The molecule has 1 aliphatic heterocycles. The minimum atomic E-state index is -0.864. The second kappa shape index (κ2) is 12.8. The van der Waals surface area contributed by atoms with E-state index in [0.29, 0.717) is 24.5 Å². The van der Waals surface area contributed by atoms with E-state index in [-0.39, 0.29) is 24.0 Å². The van der Waals surface area contributed by atoms with Crippen molar-refractivity contribution in [2.24, 2.45) is 0 Å². The lowest BCUT2D eigenvalue weighted by Crippen LogP contribution is -2.37. The smallest absolute Gasteiger partial charge is 0.304 e. The average Bonchev–Trinajstić information content (AvgIpc) is 3.29. The molecule has 3 N–H and O–H groups in total. The minimum absolute atomic E-state index is 0.0389. The average molecular weight is 498 g/mol. The van der Waals surface area contributed by atoms with Crippen LogP contribution in [-0.2, 0) is 20.9 Å². The molecule has 3 aromatic rings. The fraction of sp³-hybridized carbons (Fsp3) is 0.240. The third-order valence-corrected chi connectivity index (χ3v) is 6.58. The maximum absolute atomic E-state index is 11.9. The number of rotatable bonds is 8. The number of amides is 2. The molecule has 1 aliphatic rings. The quantitative estimate of drug-likeness (QED) is 0.385. The fourth-order valence-electron chi connectivity index (χ4n) is 3.24. The van der Waals surface area contributed by atoms with Gasteiger partial charge in [0.05, 0.1) is 30.1 Å². The van der Waals surface area contributed by atoms with Crippen molar-refractivity contribution in [1.82, 2.24) is 0 Å². The molecule has 0 spiro atoms. The van der Waals surface area contributed by atoms with Crippen molar-refractivity contribution < 1.29 is 19.5 Å². The number of hydrogen-bond acceptors (Lipinski definition) is 6. The number of carbonyl (C=O) groups excluding carboxylic acids is 2. The number of aliphatic carboxylic acids is 1. The van der Waals surface area contributed by atoms with Gasteiger partial charge in [0.25, 0.3) is 0 Å². The van der Waals surface area contributed by atoms with Crippen LogP contribution in [0.2, 0.25) is 0 Å². The number of carboxylic acids is 1. The number of fused-ring (bicyclic) bond motifs is 1. The summed E-state index contributed by atoms with van der Waals surface area (Å²) in [6, 6.07) is 19.3. The first kappa shape index (κ1) is 25.3. The number of carboxylic acid groups (broad SMARTS) is 1. The van der Waals surface area contributed by atoms with Gasteiger partial charge in [-0.3, -0.25) is 14.4 Å². The number of thiophene rings is 1. The van der Waals surface area contributed by atoms with Crippen LogP contribution >= 0.6 is 23.1 Å². The summed E-state index contributed by atoms with van der Waals surface area (Å²) in [6.07, 6.45) is 0.0459. The Labute approximate surface area is 207 Å². The van der Waals surface area contributed by atoms with Crippen molar-refractivity contribution in [1.29, 1.82) is 0 Å². The third kappa shape index (κ3) is 8.24. The van der Waals surface area contributed by atoms with E-state index in [0.717, 1.165) is 16.9 Å². The zero-order valence-corrected chi connectivity index (χ0v) is 20.5. The lowest BCUT2D eigenvalue weighted by molar-refractivity contribution is -0.136. The van der Waals surface area contributed by atoms with Crippen molar-refractivity contribution in [3.05, 3.63) is 76.5 Å². The molecule has 2 heterocycles. The zero-order chi connectivity index (χ0) is 24.3. The zero-order valence-electron chi connectivity index (χ0n) is 18.8. The van der Waals surface area contributed by atoms with E-state index in [4.69, 9.17) is 5.11 Å². The fourth-order valence-corrected chi connectivity index (χ4v) is 4.49. The third-order valence-electron chi connectivity index (χ3n) is 4.82. The molecule has 0 bridgehead atoms. The van der Waals surface area contributed by atoms with Gasteiger partial charge in [-0.15, -0.1) is 11.3 Å². The number of hydrogen-bond donors (Lipinski definition) is 3. The first-order chi connectivity index (χ1) is 16.4. The van der Waals surface area contributed by atoms with Crippen LogP contribution in [-0.4, -0.2) is 40.9 Å². The van der Waals surface area contributed by atoms with Crippen LogP contribution in [0.15, 0.2) is 66.0 Å². The molecule has 4 rings (SSSR count). The Morgan fingerprint density at radius 1 is 1.12 bits per heavy atom. The molecule has 7 nitrogen and oxygen atoms in total. The highest BCUT2D eigenvalue weighted by atomic mass is 32.2. The number of thioether (sulfide) groups is 1. The van der Waals surface area contributed by atoms with Gasteiger partial charge in [-0.1, -0.05) is 30.3 Å². The molecule has 1 aromatic heterocycles. The van der Waals surface area contributed by atoms with Crippen molar-refractivity contribution in [2.45, 2.75) is 19.9 Å². The number of nitrogens with one attached hydrogen (secondary N) is 2. The van der Waals surface area contributed by atoms with Gasteiger partial charge in [0, 0.05) is 22.9 Å². The van der Waals surface area contributed by atoms with Crippen LogP contribution in [0, 0.1) is 6.92 Å². The second-order valence-corrected chi connectivity index (χ2v) is 9.84. The number of nitrogens with zero attached hydrogens (tertiary/aromatic N) is 1. The molecule has 0 atom stereocenters. The molecule has 0 unspecified atom stereocenters. The molecule has 0 saturated carbocycles. The molecule has 2 amide bonds. The van der Waals surface area contributed by atoms with Gasteiger partial charge >= 0.3 is 5.97 Å². The van der Waals surface area contributed by atoms with Gasteiger partial charge in [0.2, 0.25) is 11.8 Å². The molecular formula is C25H27N3O4S2. The standard InChI is InChI=1S/C20H21N3O4S.C5H6S/c24-18-12-23(17-4-2-1-3-16(17)22-18)11-14-5-7-15(8-6-14)21-19(25)13-28-10-9-20(26)27;1-5-3-2-4-6-5/h1-8H,9-13H2,(H,21,25)(H,22,24)(H,26,27);2-4H,1H3. The largest absolute Gasteiger partial charge is 0.481 e. The molecule has 0 aliphatic carbocycles. The Balaban J connectivity index is 0.000000469. The Hall–Kier alpha value is -3.30. The molecule has 34 heavy (non-hydrogen) atoms. The Morgan fingerprint density at radius 2 is 1.88 bits per heavy atom. The minimum Gasteiger partial charge on any atom is -0.481 e. The number of para-hydroxylation sites is 2. The Bertz CT molecular complexity index is 1100. The van der Waals surface area contributed by atoms with Crippen LogP contribution in [0.3, 0.4) is 0 Å². The summed E-state index contributed by atoms with van der Waals surface area (Å²) < 4.78 is 0. The van der Waals surface area contributed by atoms with Gasteiger partial charge in [0.15, 0.2) is 0 Å². The molecular weight excluding hydrogens is 470 g/mol. The molecule has 0 radical (unpaired) electrons. The first-order valence-electron chi connectivity index (χ1n) is 10.7. The van der Waals surface area contributed by atoms with E-state index in [1.807, 2.05) is 53.4 Å². The maximum Gasteiger partial charge on any atom is 0.304 e. The van der Waals surface area contributed by atoms with Gasteiger partial charge in [-0.05, 0) is 48.2 Å². The van der Waals surface area contributed by atoms with Crippen LogP contribution in [0.25, 0.3) is 0 Å². The highest BCUT2D eigenvalue weighted by Crippen LogP contribution is 2.30. The van der Waals surface area contributed by atoms with Crippen LogP contribution in [0.1, 0.15) is 16.9 Å². The molecule has 9 heteroatoms. The molecule has 2 aromatic carbocycles. The van der Waals surface area contributed by atoms with Gasteiger partial charge in [-0.2, -0.15) is 11.8 Å². The van der Waals surface area contributed by atoms with E-state index in [1.165, 1.54) is 16.6 Å². The number of carbonyl (C=O) groups is 3. The van der Waals surface area contributed by atoms with Crippen molar-refractivity contribution in [3.8, 4) is 0 Å². The van der Waals surface area contributed by atoms with Crippen molar-refractivity contribution >= 4 is 57.9 Å². The van der Waals surface area contributed by atoms with Gasteiger partial charge in [-0.25, -0.2) is 0 Å². The number of benzene rings is 2. The van der Waals surface area contributed by atoms with E-state index in [1.54, 1.807) is 11.3 Å². The van der Waals surface area contributed by atoms with Crippen molar-refractivity contribution in [2.75, 3.05) is 33.6 Å². The van der Waals surface area contributed by atoms with E-state index in [9.17, 15) is 14.4 Å². The topological polar surface area (TPSA) is 98.7 Å². The van der Waals surface area contributed by atoms with Gasteiger partial charge in [0.1, 0.15) is 0 Å². The summed E-state index contributed by atoms with van der Waals surface area (Å²) in [7, 11) is 0. The second-order valence-electron chi connectivity index (χ2n) is 7.59. The SMILES string of the molecule is Cc1cccs1.O=C(O)CCSCC(=O)Nc1ccc(CN2CC(=O)Nc3ccccc32)cc1. The summed E-state index contributed by atoms with van der Waals surface area (Å²) in [5.74, 6) is -0.438. The molecule has 0 saturated heterocycles. The van der Waals surface area contributed by atoms with Crippen LogP contribution in [0.4, 0.5) is 17.1 Å². The number of anilines is 3. The summed E-state index contributed by atoms with van der Waals surface area (Å²) in [4.78, 5) is 37.7. The summed E-state index contributed by atoms with van der Waals surface area (Å²) >= 11 is 3.07. The lowest BCUT2D eigenvalue weighted by atomic mass is 10.1. The van der Waals surface area contributed by atoms with E-state index in [2.05, 4.69) is 35.1 Å². The normalized spacial score (nSPS) is 12.1. The highest BCUT2D eigenvalue weighted by molar-refractivity contribution is 7.99. The van der Waals surface area contributed by atoms with Crippen molar-refractivity contribution in [3.63, 3.8) is 0 Å². The summed E-state index contributed by atoms with van der Waals surface area (Å²) in [5, 5.41) is 16.3.